The highest BCUT2D eigenvalue weighted by molar-refractivity contribution is 8.03. The molecule has 0 bridgehead atoms. The molecule has 4 rings (SSSR count). The van der Waals surface area contributed by atoms with Gasteiger partial charge in [-0.25, -0.2) is 0 Å². The lowest BCUT2D eigenvalue weighted by atomic mass is 10.2. The van der Waals surface area contributed by atoms with Crippen LogP contribution in [0.5, 0.6) is 0 Å². The third kappa shape index (κ3) is 4.50. The van der Waals surface area contributed by atoms with Crippen LogP contribution in [0.25, 0.3) is 16.3 Å². The van der Waals surface area contributed by atoms with Crippen LogP contribution in [0.2, 0.25) is 0 Å². The molecule has 0 radical (unpaired) electrons. The molecule has 0 aliphatic carbocycles. The number of para-hydroxylation sites is 2. The monoisotopic (exact) mass is 452 g/mol. The first-order valence-electron chi connectivity index (χ1n) is 9.76. The van der Waals surface area contributed by atoms with E-state index in [4.69, 9.17) is 0 Å². The average Bonchev–Trinajstić information content (AvgIpc) is 3.25. The van der Waals surface area contributed by atoms with Crippen LogP contribution in [-0.2, 0) is 16.1 Å². The largest absolute Gasteiger partial charge is 0.544 e. The van der Waals surface area contributed by atoms with Crippen molar-refractivity contribution in [3.8, 4) is 0 Å². The second-order valence-corrected chi connectivity index (χ2v) is 9.10. The highest BCUT2D eigenvalue weighted by Crippen LogP contribution is 2.46. The van der Waals surface area contributed by atoms with Crippen molar-refractivity contribution >= 4 is 57.0 Å². The number of carbonyl (C=O) groups excluding carboxylic acids is 1. The number of fused-ring (bicyclic) bond motifs is 2. The molecular formula is C23H20N2O4S2. The van der Waals surface area contributed by atoms with E-state index in [2.05, 4.69) is 0 Å². The predicted octanol–water partition coefficient (Wildman–Crippen LogP) is 3.27. The number of rotatable bonds is 7. The molecule has 6 nitrogen and oxygen atoms in total. The number of carboxylic acid groups (broad SMARTS) is 2. The molecule has 0 atom stereocenters. The number of aromatic nitrogens is 1. The van der Waals surface area contributed by atoms with Crippen molar-refractivity contribution in [1.29, 1.82) is 0 Å². The summed E-state index contributed by atoms with van der Waals surface area (Å²) in [5.74, 6) is -2.05. The summed E-state index contributed by atoms with van der Waals surface area (Å²) in [4.78, 5) is 25.6. The van der Waals surface area contributed by atoms with Crippen molar-refractivity contribution in [3.05, 3.63) is 70.2 Å². The summed E-state index contributed by atoms with van der Waals surface area (Å²) < 4.78 is 2.74. The first-order valence-corrected chi connectivity index (χ1v) is 11.4. The second kappa shape index (κ2) is 8.95. The Morgan fingerprint density at radius 1 is 1.16 bits per heavy atom. The average molecular weight is 453 g/mol. The van der Waals surface area contributed by atoms with E-state index < -0.39 is 11.9 Å². The third-order valence-corrected chi connectivity index (χ3v) is 7.10. The first-order chi connectivity index (χ1) is 15.0. The molecule has 3 aromatic rings. The van der Waals surface area contributed by atoms with Crippen LogP contribution in [0.15, 0.2) is 70.1 Å². The van der Waals surface area contributed by atoms with Crippen molar-refractivity contribution in [2.24, 2.45) is 0 Å². The minimum absolute atomic E-state index is 0.125. The van der Waals surface area contributed by atoms with E-state index in [1.165, 1.54) is 23.1 Å². The van der Waals surface area contributed by atoms with Gasteiger partial charge in [-0.1, -0.05) is 54.3 Å². The normalized spacial score (nSPS) is 14.9. The number of allylic oxidation sites excluding steroid dienone is 2. The lowest BCUT2D eigenvalue weighted by Gasteiger charge is -2.18. The van der Waals surface area contributed by atoms with Gasteiger partial charge >= 0.3 is 5.97 Å². The Morgan fingerprint density at radius 3 is 2.65 bits per heavy atom. The molecule has 0 unspecified atom stereocenters. The zero-order chi connectivity index (χ0) is 22.0. The summed E-state index contributed by atoms with van der Waals surface area (Å²) in [6.07, 6.45) is 4.67. The maximum Gasteiger partial charge on any atom is 0.323 e. The van der Waals surface area contributed by atoms with E-state index in [1.54, 1.807) is 9.47 Å². The summed E-state index contributed by atoms with van der Waals surface area (Å²) in [5, 5.41) is 22.4. The number of benzene rings is 2. The number of nitrogens with zero attached hydrogens (tertiary/aromatic N) is 2. The Balaban J connectivity index is 1.76. The molecule has 0 saturated heterocycles. The molecule has 2 heterocycles. The standard InChI is InChI=1S/C23H20N2O4S2/c1-2-15(11-20-24(13-22(26)27)16-7-3-5-9-18(16)30-20)12-21-25(14-23(28)29)17-8-4-6-10-19(17)31-21/h3-12H,2,13-14H2,1H3,(H-,26,27,28,29). The highest BCUT2D eigenvalue weighted by atomic mass is 32.2. The summed E-state index contributed by atoms with van der Waals surface area (Å²) in [7, 11) is 0. The molecule has 0 fully saturated rings. The Morgan fingerprint density at radius 2 is 1.90 bits per heavy atom. The molecule has 1 aliphatic heterocycles. The minimum Gasteiger partial charge on any atom is -0.544 e. The van der Waals surface area contributed by atoms with Gasteiger partial charge in [0, 0.05) is 17.0 Å². The number of hydrogen-bond acceptors (Lipinski definition) is 6. The minimum atomic E-state index is -1.14. The quantitative estimate of drug-likeness (QED) is 0.554. The van der Waals surface area contributed by atoms with Gasteiger partial charge in [-0.3, -0.25) is 4.79 Å². The van der Waals surface area contributed by atoms with Crippen LogP contribution in [0.3, 0.4) is 0 Å². The number of carboxylic acids is 2. The summed E-state index contributed by atoms with van der Waals surface area (Å²) in [5.41, 5.74) is 2.70. The van der Waals surface area contributed by atoms with Gasteiger partial charge in [0.05, 0.1) is 10.7 Å². The van der Waals surface area contributed by atoms with E-state index in [-0.39, 0.29) is 13.1 Å². The van der Waals surface area contributed by atoms with Gasteiger partial charge in [0.15, 0.2) is 6.54 Å². The molecule has 8 heteroatoms. The van der Waals surface area contributed by atoms with Crippen LogP contribution in [0.4, 0.5) is 5.69 Å². The molecule has 1 aromatic heterocycles. The van der Waals surface area contributed by atoms with E-state index in [1.807, 2.05) is 67.6 Å². The Labute approximate surface area is 187 Å². The van der Waals surface area contributed by atoms with Crippen LogP contribution in [0, 0.1) is 0 Å². The fourth-order valence-electron chi connectivity index (χ4n) is 3.47. The third-order valence-electron chi connectivity index (χ3n) is 4.88. The second-order valence-electron chi connectivity index (χ2n) is 6.97. The number of hydrogen-bond donors (Lipinski definition) is 1. The summed E-state index contributed by atoms with van der Waals surface area (Å²) in [6.45, 7) is 1.67. The van der Waals surface area contributed by atoms with E-state index in [0.717, 1.165) is 36.4 Å². The molecule has 1 aliphatic rings. The van der Waals surface area contributed by atoms with Crippen molar-refractivity contribution in [1.82, 2.24) is 0 Å². The van der Waals surface area contributed by atoms with Gasteiger partial charge in [0.2, 0.25) is 5.52 Å². The Kier molecular flexibility index (Phi) is 6.11. The van der Waals surface area contributed by atoms with Crippen molar-refractivity contribution in [2.75, 3.05) is 11.4 Å². The van der Waals surface area contributed by atoms with Crippen LogP contribution >= 0.6 is 23.1 Å². The number of anilines is 1. The van der Waals surface area contributed by atoms with Gasteiger partial charge in [-0.05, 0) is 36.3 Å². The number of thioether (sulfide) groups is 1. The lowest BCUT2D eigenvalue weighted by Crippen LogP contribution is -2.44. The molecule has 1 N–H and O–H groups in total. The topological polar surface area (TPSA) is 84.5 Å². The predicted molar refractivity (Wildman–Crippen MR) is 121 cm³/mol. The molecule has 0 spiro atoms. The van der Waals surface area contributed by atoms with Crippen molar-refractivity contribution in [3.63, 3.8) is 0 Å². The Bertz CT molecular complexity index is 1230. The molecule has 2 aromatic carbocycles. The molecule has 31 heavy (non-hydrogen) atoms. The summed E-state index contributed by atoms with van der Waals surface area (Å²) >= 11 is 3.05. The first kappa shape index (κ1) is 21.1. The maximum absolute atomic E-state index is 11.4. The molecule has 0 saturated carbocycles. The fraction of sp³-hybridized carbons (Fsp3) is 0.174. The maximum atomic E-state index is 11.4. The molecular weight excluding hydrogens is 432 g/mol. The van der Waals surface area contributed by atoms with Gasteiger partial charge in [-0.15, -0.1) is 0 Å². The number of aliphatic carboxylic acids is 2. The van der Waals surface area contributed by atoms with E-state index in [9.17, 15) is 19.8 Å². The van der Waals surface area contributed by atoms with Gasteiger partial charge in [0.25, 0.3) is 5.01 Å². The zero-order valence-electron chi connectivity index (χ0n) is 16.8. The highest BCUT2D eigenvalue weighted by Gasteiger charge is 2.27. The smallest absolute Gasteiger partial charge is 0.323 e. The molecule has 158 valence electrons. The van der Waals surface area contributed by atoms with E-state index >= 15 is 0 Å². The number of carbonyl (C=O) groups is 2. The van der Waals surface area contributed by atoms with Gasteiger partial charge in [0.1, 0.15) is 17.2 Å². The Hall–Kier alpha value is -3.10. The lowest BCUT2D eigenvalue weighted by molar-refractivity contribution is -0.663. The fourth-order valence-corrected chi connectivity index (χ4v) is 5.75. The SMILES string of the molecule is CCC(=C/c1sc2ccccc2[n+]1CC(=O)[O-])/C=C1/Sc2ccccc2N1CC(=O)O. The van der Waals surface area contributed by atoms with Gasteiger partial charge < -0.3 is 19.9 Å². The molecule has 0 amide bonds. The van der Waals surface area contributed by atoms with Crippen LogP contribution in [-0.4, -0.2) is 23.6 Å². The zero-order valence-corrected chi connectivity index (χ0v) is 18.4. The summed E-state index contributed by atoms with van der Waals surface area (Å²) in [6, 6.07) is 15.4. The van der Waals surface area contributed by atoms with Crippen LogP contribution in [0.1, 0.15) is 18.4 Å². The van der Waals surface area contributed by atoms with E-state index in [0.29, 0.717) is 6.42 Å². The van der Waals surface area contributed by atoms with Gasteiger partial charge in [-0.2, -0.15) is 4.57 Å². The van der Waals surface area contributed by atoms with Crippen LogP contribution < -0.4 is 14.6 Å². The number of thiazole rings is 1. The van der Waals surface area contributed by atoms with Crippen molar-refractivity contribution in [2.45, 2.75) is 24.8 Å². The van der Waals surface area contributed by atoms with Crippen molar-refractivity contribution < 1.29 is 24.4 Å².